The second-order valence-electron chi connectivity index (χ2n) is 5.81. The van der Waals surface area contributed by atoms with Crippen molar-refractivity contribution in [3.8, 4) is 0 Å². The van der Waals surface area contributed by atoms with Crippen LogP contribution in [0.4, 0.5) is 0 Å². The second kappa shape index (κ2) is 8.54. The van der Waals surface area contributed by atoms with Crippen molar-refractivity contribution < 1.29 is 8.42 Å². The molecule has 0 aliphatic carbocycles. The summed E-state index contributed by atoms with van der Waals surface area (Å²) in [5, 5.41) is 3.55. The molecule has 120 valence electrons. The predicted octanol–water partition coefficient (Wildman–Crippen LogP) is 3.56. The summed E-state index contributed by atoms with van der Waals surface area (Å²) < 4.78 is 23.2. The standard InChI is InChI=1S/C17H29NO2S/c1-5-9-18-17(8-7-10-21(19,20)6-2)16-12-14(3)11-15(4)13-16/h11-13,17-18H,5-10H2,1-4H3. The van der Waals surface area contributed by atoms with Crippen molar-refractivity contribution >= 4 is 9.84 Å². The zero-order chi connectivity index (χ0) is 15.9. The third kappa shape index (κ3) is 6.62. The topological polar surface area (TPSA) is 46.2 Å². The molecule has 1 rings (SSSR count). The first kappa shape index (κ1) is 18.2. The lowest BCUT2D eigenvalue weighted by Gasteiger charge is -2.20. The molecule has 4 heteroatoms. The maximum absolute atomic E-state index is 11.6. The Balaban J connectivity index is 2.75. The fraction of sp³-hybridized carbons (Fsp3) is 0.647. The van der Waals surface area contributed by atoms with Crippen molar-refractivity contribution in [2.75, 3.05) is 18.1 Å². The van der Waals surface area contributed by atoms with Gasteiger partial charge in [-0.3, -0.25) is 0 Å². The van der Waals surface area contributed by atoms with E-state index in [1.165, 1.54) is 16.7 Å². The van der Waals surface area contributed by atoms with Crippen LogP contribution in [0.15, 0.2) is 18.2 Å². The molecular formula is C17H29NO2S. The summed E-state index contributed by atoms with van der Waals surface area (Å²) in [7, 11) is -2.86. The van der Waals surface area contributed by atoms with E-state index in [1.54, 1.807) is 6.92 Å². The number of hydrogen-bond donors (Lipinski definition) is 1. The van der Waals surface area contributed by atoms with Gasteiger partial charge in [-0.05, 0) is 45.2 Å². The first-order chi connectivity index (χ1) is 9.88. The lowest BCUT2D eigenvalue weighted by Crippen LogP contribution is -2.23. The molecule has 21 heavy (non-hydrogen) atoms. The predicted molar refractivity (Wildman–Crippen MR) is 90.5 cm³/mol. The Labute approximate surface area is 130 Å². The summed E-state index contributed by atoms with van der Waals surface area (Å²) in [6.07, 6.45) is 2.65. The Morgan fingerprint density at radius 2 is 1.71 bits per heavy atom. The second-order valence-corrected chi connectivity index (χ2v) is 8.28. The summed E-state index contributed by atoms with van der Waals surface area (Å²) in [5.74, 6) is 0.530. The molecule has 1 aromatic rings. The molecule has 1 unspecified atom stereocenters. The lowest BCUT2D eigenvalue weighted by molar-refractivity contribution is 0.492. The molecule has 0 aromatic heterocycles. The van der Waals surface area contributed by atoms with E-state index in [0.29, 0.717) is 12.2 Å². The van der Waals surface area contributed by atoms with Gasteiger partial charge in [0, 0.05) is 11.8 Å². The van der Waals surface area contributed by atoms with E-state index in [-0.39, 0.29) is 11.8 Å². The lowest BCUT2D eigenvalue weighted by atomic mass is 9.98. The van der Waals surface area contributed by atoms with Crippen LogP contribution < -0.4 is 5.32 Å². The fourth-order valence-electron chi connectivity index (χ4n) is 2.57. The van der Waals surface area contributed by atoms with E-state index in [2.05, 4.69) is 44.3 Å². The highest BCUT2D eigenvalue weighted by atomic mass is 32.2. The molecule has 1 aromatic carbocycles. The number of benzene rings is 1. The summed E-state index contributed by atoms with van der Waals surface area (Å²) >= 11 is 0. The Morgan fingerprint density at radius 3 is 2.24 bits per heavy atom. The number of sulfone groups is 1. The van der Waals surface area contributed by atoms with Crippen molar-refractivity contribution in [2.45, 2.75) is 53.0 Å². The van der Waals surface area contributed by atoms with Crippen molar-refractivity contribution in [3.05, 3.63) is 34.9 Å². The van der Waals surface area contributed by atoms with Crippen LogP contribution in [-0.2, 0) is 9.84 Å². The Bertz CT molecular complexity index is 517. The van der Waals surface area contributed by atoms with Crippen LogP contribution in [0.3, 0.4) is 0 Å². The zero-order valence-corrected chi connectivity index (χ0v) is 14.6. The van der Waals surface area contributed by atoms with Crippen molar-refractivity contribution in [3.63, 3.8) is 0 Å². The van der Waals surface area contributed by atoms with E-state index in [9.17, 15) is 8.42 Å². The fourth-order valence-corrected chi connectivity index (χ4v) is 3.46. The first-order valence-electron chi connectivity index (χ1n) is 7.90. The van der Waals surface area contributed by atoms with Gasteiger partial charge in [-0.15, -0.1) is 0 Å². The van der Waals surface area contributed by atoms with E-state index >= 15 is 0 Å². The van der Waals surface area contributed by atoms with Crippen molar-refractivity contribution in [2.24, 2.45) is 0 Å². The molecule has 0 saturated heterocycles. The van der Waals surface area contributed by atoms with Gasteiger partial charge < -0.3 is 5.32 Å². The Morgan fingerprint density at radius 1 is 1.10 bits per heavy atom. The normalized spacial score (nSPS) is 13.3. The number of hydrogen-bond acceptors (Lipinski definition) is 3. The molecule has 0 bridgehead atoms. The van der Waals surface area contributed by atoms with Crippen molar-refractivity contribution in [1.29, 1.82) is 0 Å². The largest absolute Gasteiger partial charge is 0.310 e. The van der Waals surface area contributed by atoms with Gasteiger partial charge >= 0.3 is 0 Å². The van der Waals surface area contributed by atoms with Gasteiger partial charge in [0.15, 0.2) is 0 Å². The van der Waals surface area contributed by atoms with Gasteiger partial charge in [-0.25, -0.2) is 8.42 Å². The van der Waals surface area contributed by atoms with E-state index in [0.717, 1.165) is 19.4 Å². The van der Waals surface area contributed by atoms with Gasteiger partial charge in [-0.2, -0.15) is 0 Å². The quantitative estimate of drug-likeness (QED) is 0.758. The molecule has 0 radical (unpaired) electrons. The smallest absolute Gasteiger partial charge is 0.150 e. The van der Waals surface area contributed by atoms with Crippen LogP contribution in [-0.4, -0.2) is 26.5 Å². The third-order valence-corrected chi connectivity index (χ3v) is 5.47. The van der Waals surface area contributed by atoms with Gasteiger partial charge in [0.25, 0.3) is 0 Å². The molecule has 0 spiro atoms. The molecule has 1 atom stereocenters. The maximum atomic E-state index is 11.6. The molecule has 3 nitrogen and oxygen atoms in total. The van der Waals surface area contributed by atoms with E-state index in [4.69, 9.17) is 0 Å². The Kier molecular flexibility index (Phi) is 7.40. The highest BCUT2D eigenvalue weighted by Crippen LogP contribution is 2.22. The third-order valence-electron chi connectivity index (χ3n) is 3.68. The molecule has 0 heterocycles. The van der Waals surface area contributed by atoms with E-state index < -0.39 is 9.84 Å². The summed E-state index contributed by atoms with van der Waals surface area (Å²) in [6, 6.07) is 6.82. The molecule has 0 aliphatic heterocycles. The number of aryl methyl sites for hydroxylation is 2. The molecule has 0 fully saturated rings. The van der Waals surface area contributed by atoms with E-state index in [1.807, 2.05) is 0 Å². The molecule has 0 aliphatic rings. The Hall–Kier alpha value is -0.870. The minimum atomic E-state index is -2.86. The van der Waals surface area contributed by atoms with Crippen LogP contribution in [0.25, 0.3) is 0 Å². The van der Waals surface area contributed by atoms with Crippen LogP contribution >= 0.6 is 0 Å². The molecular weight excluding hydrogens is 282 g/mol. The summed E-state index contributed by atoms with van der Waals surface area (Å²) in [6.45, 7) is 9.03. The van der Waals surface area contributed by atoms with Crippen molar-refractivity contribution in [1.82, 2.24) is 5.32 Å². The highest BCUT2D eigenvalue weighted by molar-refractivity contribution is 7.91. The zero-order valence-electron chi connectivity index (χ0n) is 13.8. The minimum absolute atomic E-state index is 0.240. The van der Waals surface area contributed by atoms with Gasteiger partial charge in [-0.1, -0.05) is 43.2 Å². The maximum Gasteiger partial charge on any atom is 0.150 e. The first-order valence-corrected chi connectivity index (χ1v) is 9.72. The van der Waals surface area contributed by atoms with Crippen LogP contribution in [0.1, 0.15) is 55.8 Å². The SMILES string of the molecule is CCCNC(CCCS(=O)(=O)CC)c1cc(C)cc(C)c1. The monoisotopic (exact) mass is 311 g/mol. The van der Waals surface area contributed by atoms with Gasteiger partial charge in [0.1, 0.15) is 9.84 Å². The molecule has 0 amide bonds. The van der Waals surface area contributed by atoms with Crippen LogP contribution in [0.5, 0.6) is 0 Å². The minimum Gasteiger partial charge on any atom is -0.310 e. The number of rotatable bonds is 9. The average molecular weight is 311 g/mol. The van der Waals surface area contributed by atoms with Crippen LogP contribution in [0, 0.1) is 13.8 Å². The van der Waals surface area contributed by atoms with Gasteiger partial charge in [0.05, 0.1) is 5.75 Å². The summed E-state index contributed by atoms with van der Waals surface area (Å²) in [5.41, 5.74) is 3.79. The summed E-state index contributed by atoms with van der Waals surface area (Å²) in [4.78, 5) is 0. The average Bonchev–Trinajstić information content (AvgIpc) is 2.41. The highest BCUT2D eigenvalue weighted by Gasteiger charge is 2.14. The molecule has 0 saturated carbocycles. The number of nitrogens with one attached hydrogen (secondary N) is 1. The van der Waals surface area contributed by atoms with Crippen LogP contribution in [0.2, 0.25) is 0 Å². The molecule has 1 N–H and O–H groups in total. The van der Waals surface area contributed by atoms with Gasteiger partial charge in [0.2, 0.25) is 0 Å².